The van der Waals surface area contributed by atoms with Crippen LogP contribution in [0, 0.1) is 5.41 Å². The van der Waals surface area contributed by atoms with Crippen molar-refractivity contribution in [2.45, 2.75) is 40.2 Å². The van der Waals surface area contributed by atoms with E-state index in [2.05, 4.69) is 4.74 Å². The van der Waals surface area contributed by atoms with Gasteiger partial charge in [0.2, 0.25) is 0 Å². The number of ether oxygens (including phenoxy) is 1. The molecule has 0 amide bonds. The molecule has 15 heavy (non-hydrogen) atoms. The van der Waals surface area contributed by atoms with E-state index in [1.54, 1.807) is 20.8 Å². The summed E-state index contributed by atoms with van der Waals surface area (Å²) in [5.41, 5.74) is -0.328. The molecule has 0 radical (unpaired) electrons. The highest BCUT2D eigenvalue weighted by Gasteiger charge is 2.31. The molecule has 0 saturated carbocycles. The highest BCUT2D eigenvalue weighted by molar-refractivity contribution is 6.02. The smallest absolute Gasteiger partial charge is 0.352 e. The number of esters is 1. The molecule has 0 aliphatic rings. The minimum atomic E-state index is -1.68. The van der Waals surface area contributed by atoms with Crippen LogP contribution in [0.15, 0.2) is 0 Å². The molecule has 1 atom stereocenters. The normalized spacial score (nSPS) is 13.1. The second kappa shape index (κ2) is 4.91. The number of Topliss-reactive ketones (excluding diaryl/α,β-unsaturated/α-hetero) is 1. The summed E-state index contributed by atoms with van der Waals surface area (Å²) in [7, 11) is 0. The molecule has 5 heteroatoms. The Hall–Kier alpha value is -1.39. The number of carboxylic acids is 1. The Kier molecular flexibility index (Phi) is 4.45. The summed E-state index contributed by atoms with van der Waals surface area (Å²) >= 11 is 0. The van der Waals surface area contributed by atoms with Crippen LogP contribution >= 0.6 is 0 Å². The van der Waals surface area contributed by atoms with Crippen LogP contribution in [0.1, 0.15) is 34.1 Å². The zero-order valence-electron chi connectivity index (χ0n) is 9.36. The van der Waals surface area contributed by atoms with E-state index in [0.29, 0.717) is 0 Å². The maximum Gasteiger partial charge on any atom is 0.352 e. The SMILES string of the molecule is CC(=O)OC(C(=O)O)C(=O)CC(C)(C)C. The second-order valence-electron chi connectivity index (χ2n) is 4.53. The van der Waals surface area contributed by atoms with Gasteiger partial charge in [0, 0.05) is 13.3 Å². The van der Waals surface area contributed by atoms with Crippen molar-refractivity contribution in [1.29, 1.82) is 0 Å². The van der Waals surface area contributed by atoms with Gasteiger partial charge in [-0.1, -0.05) is 20.8 Å². The van der Waals surface area contributed by atoms with Crippen molar-refractivity contribution in [2.24, 2.45) is 5.41 Å². The Morgan fingerprint density at radius 2 is 1.73 bits per heavy atom. The second-order valence-corrected chi connectivity index (χ2v) is 4.53. The first kappa shape index (κ1) is 13.6. The minimum Gasteiger partial charge on any atom is -0.478 e. The first-order valence-corrected chi connectivity index (χ1v) is 4.56. The Labute approximate surface area is 88.4 Å². The van der Waals surface area contributed by atoms with E-state index >= 15 is 0 Å². The van der Waals surface area contributed by atoms with Crippen molar-refractivity contribution in [3.05, 3.63) is 0 Å². The zero-order chi connectivity index (χ0) is 12.2. The molecule has 1 unspecified atom stereocenters. The molecule has 0 bridgehead atoms. The van der Waals surface area contributed by atoms with Gasteiger partial charge in [0.05, 0.1) is 0 Å². The lowest BCUT2D eigenvalue weighted by Gasteiger charge is -2.19. The van der Waals surface area contributed by atoms with E-state index in [1.165, 1.54) is 0 Å². The predicted molar refractivity (Wildman–Crippen MR) is 52.3 cm³/mol. The van der Waals surface area contributed by atoms with E-state index in [4.69, 9.17) is 5.11 Å². The molecule has 86 valence electrons. The van der Waals surface area contributed by atoms with Crippen LogP contribution in [0.3, 0.4) is 0 Å². The summed E-state index contributed by atoms with van der Waals surface area (Å²) < 4.78 is 4.43. The van der Waals surface area contributed by atoms with E-state index in [0.717, 1.165) is 6.92 Å². The number of aliphatic carboxylic acids is 1. The lowest BCUT2D eigenvalue weighted by Crippen LogP contribution is -2.36. The van der Waals surface area contributed by atoms with Crippen LogP contribution in [0.5, 0.6) is 0 Å². The molecule has 0 aromatic rings. The molecule has 0 aromatic carbocycles. The van der Waals surface area contributed by atoms with Gasteiger partial charge in [-0.25, -0.2) is 4.79 Å². The maximum absolute atomic E-state index is 11.5. The Morgan fingerprint density at radius 3 is 2.00 bits per heavy atom. The number of hydrogen-bond donors (Lipinski definition) is 1. The molecule has 0 saturated heterocycles. The lowest BCUT2D eigenvalue weighted by atomic mass is 9.88. The van der Waals surface area contributed by atoms with Gasteiger partial charge in [-0.3, -0.25) is 9.59 Å². The monoisotopic (exact) mass is 216 g/mol. The van der Waals surface area contributed by atoms with Crippen LogP contribution in [-0.4, -0.2) is 28.9 Å². The number of carbonyl (C=O) groups is 3. The van der Waals surface area contributed by atoms with Crippen molar-refractivity contribution in [3.8, 4) is 0 Å². The fourth-order valence-electron chi connectivity index (χ4n) is 1.04. The largest absolute Gasteiger partial charge is 0.478 e. The molecule has 0 fully saturated rings. The van der Waals surface area contributed by atoms with Crippen molar-refractivity contribution in [3.63, 3.8) is 0 Å². The number of carbonyl (C=O) groups excluding carboxylic acids is 2. The molecule has 0 rings (SSSR count). The highest BCUT2D eigenvalue weighted by atomic mass is 16.6. The van der Waals surface area contributed by atoms with Crippen LogP contribution in [0.2, 0.25) is 0 Å². The molecule has 0 aliphatic carbocycles. The summed E-state index contributed by atoms with van der Waals surface area (Å²) in [4.78, 5) is 32.7. The fraction of sp³-hybridized carbons (Fsp3) is 0.700. The van der Waals surface area contributed by atoms with Gasteiger partial charge in [-0.2, -0.15) is 0 Å². The van der Waals surface area contributed by atoms with E-state index < -0.39 is 23.8 Å². The Morgan fingerprint density at radius 1 is 1.27 bits per heavy atom. The number of ketones is 1. The number of hydrogen-bond acceptors (Lipinski definition) is 4. The Balaban J connectivity index is 4.57. The maximum atomic E-state index is 11.5. The molecular weight excluding hydrogens is 200 g/mol. The lowest BCUT2D eigenvalue weighted by molar-refractivity contribution is -0.167. The van der Waals surface area contributed by atoms with Gasteiger partial charge in [0.25, 0.3) is 6.10 Å². The summed E-state index contributed by atoms with van der Waals surface area (Å²) in [6.45, 7) is 6.48. The number of carboxylic acid groups (broad SMARTS) is 1. The highest BCUT2D eigenvalue weighted by Crippen LogP contribution is 2.20. The first-order chi connectivity index (χ1) is 6.63. The van der Waals surface area contributed by atoms with Gasteiger partial charge in [0.15, 0.2) is 5.78 Å². The van der Waals surface area contributed by atoms with Crippen LogP contribution in [0.4, 0.5) is 0 Å². The summed E-state index contributed by atoms with van der Waals surface area (Å²) in [5.74, 6) is -2.80. The molecule has 0 spiro atoms. The van der Waals surface area contributed by atoms with Crippen LogP contribution in [0.25, 0.3) is 0 Å². The minimum absolute atomic E-state index is 0.0528. The molecule has 0 heterocycles. The van der Waals surface area contributed by atoms with Crippen LogP contribution in [-0.2, 0) is 19.1 Å². The average molecular weight is 216 g/mol. The molecule has 0 aliphatic heterocycles. The zero-order valence-corrected chi connectivity index (χ0v) is 9.36. The van der Waals surface area contributed by atoms with E-state index in [9.17, 15) is 14.4 Å². The summed E-state index contributed by atoms with van der Waals surface area (Å²) in [6.07, 6.45) is -1.63. The van der Waals surface area contributed by atoms with Crippen molar-refractivity contribution in [2.75, 3.05) is 0 Å². The van der Waals surface area contributed by atoms with Crippen LogP contribution < -0.4 is 0 Å². The van der Waals surface area contributed by atoms with E-state index in [-0.39, 0.29) is 11.8 Å². The average Bonchev–Trinajstić information content (AvgIpc) is 1.95. The van der Waals surface area contributed by atoms with Gasteiger partial charge in [-0.15, -0.1) is 0 Å². The van der Waals surface area contributed by atoms with Gasteiger partial charge < -0.3 is 9.84 Å². The van der Waals surface area contributed by atoms with E-state index in [1.807, 2.05) is 0 Å². The molecule has 0 aromatic heterocycles. The third kappa shape index (κ3) is 5.83. The fourth-order valence-corrected chi connectivity index (χ4v) is 1.04. The topological polar surface area (TPSA) is 80.7 Å². The van der Waals surface area contributed by atoms with Gasteiger partial charge in [0.1, 0.15) is 0 Å². The molecular formula is C10H16O5. The van der Waals surface area contributed by atoms with Crippen molar-refractivity contribution in [1.82, 2.24) is 0 Å². The quantitative estimate of drug-likeness (QED) is 0.560. The molecule has 5 nitrogen and oxygen atoms in total. The first-order valence-electron chi connectivity index (χ1n) is 4.56. The standard InChI is InChI=1S/C10H16O5/c1-6(11)15-8(9(13)14)7(12)5-10(2,3)4/h8H,5H2,1-4H3,(H,13,14). The number of rotatable bonds is 4. The third-order valence-corrected chi connectivity index (χ3v) is 1.51. The third-order valence-electron chi connectivity index (χ3n) is 1.51. The van der Waals surface area contributed by atoms with Gasteiger partial charge in [-0.05, 0) is 5.41 Å². The Bertz CT molecular complexity index is 274. The predicted octanol–water partition coefficient (Wildman–Crippen LogP) is 1.01. The van der Waals surface area contributed by atoms with Gasteiger partial charge >= 0.3 is 11.9 Å². The van der Waals surface area contributed by atoms with Crippen molar-refractivity contribution < 1.29 is 24.2 Å². The summed E-state index contributed by atoms with van der Waals surface area (Å²) in [6, 6.07) is 0. The molecule has 1 N–H and O–H groups in total. The summed E-state index contributed by atoms with van der Waals surface area (Å²) in [5, 5.41) is 8.69. The van der Waals surface area contributed by atoms with Crippen molar-refractivity contribution >= 4 is 17.7 Å².